The van der Waals surface area contributed by atoms with Gasteiger partial charge in [-0.2, -0.15) is 11.8 Å². The molecule has 1 N–H and O–H groups in total. The predicted molar refractivity (Wildman–Crippen MR) is 94.9 cm³/mol. The maximum Gasteiger partial charge on any atom is 0.169 e. The summed E-state index contributed by atoms with van der Waals surface area (Å²) in [4.78, 5) is 2.04. The lowest BCUT2D eigenvalue weighted by molar-refractivity contribution is 0.583. The van der Waals surface area contributed by atoms with Gasteiger partial charge in [-0.1, -0.05) is 22.0 Å². The summed E-state index contributed by atoms with van der Waals surface area (Å²) in [6, 6.07) is 6.25. The molecule has 2 unspecified atom stereocenters. The van der Waals surface area contributed by atoms with Gasteiger partial charge in [0.1, 0.15) is 5.37 Å². The van der Waals surface area contributed by atoms with Crippen LogP contribution in [0.2, 0.25) is 0 Å². The molecule has 0 bridgehead atoms. The van der Waals surface area contributed by atoms with E-state index in [9.17, 15) is 8.42 Å². The number of nitrogens with zero attached hydrogens (tertiary/aromatic N) is 1. The third kappa shape index (κ3) is 3.94. The van der Waals surface area contributed by atoms with E-state index in [1.54, 1.807) is 11.8 Å². The first-order valence-electron chi connectivity index (χ1n) is 6.84. The average Bonchev–Trinajstić information content (AvgIpc) is 2.45. The minimum atomic E-state index is -3.12. The molecule has 1 aliphatic heterocycles. The van der Waals surface area contributed by atoms with Crippen molar-refractivity contribution in [3.8, 4) is 0 Å². The van der Waals surface area contributed by atoms with Crippen molar-refractivity contribution in [3.63, 3.8) is 0 Å². The number of hydrogen-bond donors (Lipinski definition) is 1. The molecule has 2 atom stereocenters. The molecular formula is C14H21BrN2O2S2. The van der Waals surface area contributed by atoms with Crippen molar-refractivity contribution in [1.29, 1.82) is 0 Å². The lowest BCUT2D eigenvalue weighted by atomic mass is 10.1. The van der Waals surface area contributed by atoms with Gasteiger partial charge in [-0.25, -0.2) is 8.42 Å². The van der Waals surface area contributed by atoms with Gasteiger partial charge in [0.2, 0.25) is 0 Å². The summed E-state index contributed by atoms with van der Waals surface area (Å²) in [7, 11) is -1.20. The minimum Gasteiger partial charge on any atom is -0.353 e. The molecule has 1 saturated heterocycles. The van der Waals surface area contributed by atoms with Crippen molar-refractivity contribution in [2.75, 3.05) is 36.3 Å². The largest absolute Gasteiger partial charge is 0.353 e. The number of anilines is 1. The van der Waals surface area contributed by atoms with Crippen LogP contribution in [0.3, 0.4) is 0 Å². The molecule has 1 aliphatic rings. The highest BCUT2D eigenvalue weighted by Gasteiger charge is 2.32. The third-order valence-corrected chi connectivity index (χ3v) is 6.92. The molecule has 1 aromatic rings. The van der Waals surface area contributed by atoms with Gasteiger partial charge < -0.3 is 10.2 Å². The molecule has 21 heavy (non-hydrogen) atoms. The monoisotopic (exact) mass is 392 g/mol. The van der Waals surface area contributed by atoms with E-state index in [4.69, 9.17) is 0 Å². The molecule has 118 valence electrons. The Kier molecular flexibility index (Phi) is 5.62. The van der Waals surface area contributed by atoms with Gasteiger partial charge in [0.25, 0.3) is 0 Å². The first kappa shape index (κ1) is 17.1. The number of thioether (sulfide) groups is 1. The summed E-state index contributed by atoms with van der Waals surface area (Å²) in [5.41, 5.74) is 2.13. The molecular weight excluding hydrogens is 372 g/mol. The molecule has 4 nitrogen and oxygen atoms in total. The van der Waals surface area contributed by atoms with Crippen LogP contribution in [0.15, 0.2) is 22.7 Å². The molecule has 1 fully saturated rings. The van der Waals surface area contributed by atoms with Gasteiger partial charge in [-0.05, 0) is 31.7 Å². The number of sulfone groups is 1. The predicted octanol–water partition coefficient (Wildman–Crippen LogP) is 2.65. The molecule has 0 radical (unpaired) electrons. The maximum absolute atomic E-state index is 12.1. The smallest absolute Gasteiger partial charge is 0.169 e. The van der Waals surface area contributed by atoms with Gasteiger partial charge in [0, 0.05) is 40.5 Å². The Balaban J connectivity index is 2.49. The molecule has 0 amide bonds. The van der Waals surface area contributed by atoms with Crippen LogP contribution in [-0.2, 0) is 9.84 Å². The van der Waals surface area contributed by atoms with E-state index in [-0.39, 0.29) is 6.04 Å². The van der Waals surface area contributed by atoms with Crippen molar-refractivity contribution in [1.82, 2.24) is 5.32 Å². The van der Waals surface area contributed by atoms with E-state index in [0.717, 1.165) is 28.0 Å². The van der Waals surface area contributed by atoms with Crippen molar-refractivity contribution in [3.05, 3.63) is 28.2 Å². The Hall–Kier alpha value is -0.240. The van der Waals surface area contributed by atoms with E-state index in [0.29, 0.717) is 5.75 Å². The van der Waals surface area contributed by atoms with Gasteiger partial charge >= 0.3 is 0 Å². The van der Waals surface area contributed by atoms with Crippen molar-refractivity contribution in [2.24, 2.45) is 0 Å². The highest BCUT2D eigenvalue weighted by atomic mass is 79.9. The van der Waals surface area contributed by atoms with Crippen molar-refractivity contribution < 1.29 is 8.42 Å². The van der Waals surface area contributed by atoms with Crippen LogP contribution in [0.5, 0.6) is 0 Å². The van der Waals surface area contributed by atoms with Crippen LogP contribution in [0.4, 0.5) is 5.69 Å². The Bertz CT molecular complexity index is 607. The summed E-state index contributed by atoms with van der Waals surface area (Å²) < 4.78 is 25.2. The highest BCUT2D eigenvalue weighted by Crippen LogP contribution is 2.34. The van der Waals surface area contributed by atoms with E-state index in [1.807, 2.05) is 24.1 Å². The molecule has 1 heterocycles. The normalized spacial score (nSPS) is 21.3. The summed E-state index contributed by atoms with van der Waals surface area (Å²) >= 11 is 5.21. The van der Waals surface area contributed by atoms with E-state index in [2.05, 4.69) is 34.2 Å². The van der Waals surface area contributed by atoms with Crippen LogP contribution >= 0.6 is 27.7 Å². The zero-order valence-corrected chi connectivity index (χ0v) is 15.7. The van der Waals surface area contributed by atoms with Gasteiger partial charge in [0.05, 0.1) is 0 Å². The lowest BCUT2D eigenvalue weighted by Gasteiger charge is -2.38. The number of rotatable bonds is 4. The van der Waals surface area contributed by atoms with Crippen LogP contribution in [-0.4, -0.2) is 45.1 Å². The molecule has 0 aliphatic carbocycles. The second-order valence-corrected chi connectivity index (χ2v) is 9.53. The standard InChI is InChI=1S/C14H21BrN2O2S2/c1-10(16-2)12-5-4-11(15)8-13(12)17-6-7-20-9-14(17)21(3,18)19/h4-5,8,10,14,16H,6-7,9H2,1-3H3. The number of hydrogen-bond acceptors (Lipinski definition) is 5. The fourth-order valence-electron chi connectivity index (χ4n) is 2.50. The van der Waals surface area contributed by atoms with Crippen LogP contribution in [0, 0.1) is 0 Å². The Morgan fingerprint density at radius 3 is 2.81 bits per heavy atom. The number of halogens is 1. The average molecular weight is 393 g/mol. The molecule has 2 rings (SSSR count). The molecule has 0 spiro atoms. The molecule has 0 saturated carbocycles. The second-order valence-electron chi connectivity index (χ2n) is 5.27. The summed E-state index contributed by atoms with van der Waals surface area (Å²) in [5, 5.41) is 2.79. The Morgan fingerprint density at radius 2 is 2.19 bits per heavy atom. The quantitative estimate of drug-likeness (QED) is 0.853. The fraction of sp³-hybridized carbons (Fsp3) is 0.571. The van der Waals surface area contributed by atoms with Crippen LogP contribution in [0.25, 0.3) is 0 Å². The SMILES string of the molecule is CNC(C)c1ccc(Br)cc1N1CCSCC1S(C)(=O)=O. The minimum absolute atomic E-state index is 0.169. The van der Waals surface area contributed by atoms with E-state index >= 15 is 0 Å². The number of benzene rings is 1. The lowest BCUT2D eigenvalue weighted by Crippen LogP contribution is -2.47. The molecule has 0 aromatic heterocycles. The zero-order chi connectivity index (χ0) is 15.6. The molecule has 1 aromatic carbocycles. The van der Waals surface area contributed by atoms with E-state index in [1.165, 1.54) is 6.26 Å². The topological polar surface area (TPSA) is 49.4 Å². The van der Waals surface area contributed by atoms with Crippen molar-refractivity contribution in [2.45, 2.75) is 18.3 Å². The molecule has 7 heteroatoms. The number of nitrogens with one attached hydrogen (secondary N) is 1. The highest BCUT2D eigenvalue weighted by molar-refractivity contribution is 9.10. The van der Waals surface area contributed by atoms with E-state index < -0.39 is 15.2 Å². The second kappa shape index (κ2) is 6.89. The van der Waals surface area contributed by atoms with Crippen LogP contribution < -0.4 is 10.2 Å². The van der Waals surface area contributed by atoms with Crippen molar-refractivity contribution >= 4 is 43.2 Å². The summed E-state index contributed by atoms with van der Waals surface area (Å²) in [6.07, 6.45) is 1.33. The Morgan fingerprint density at radius 1 is 1.48 bits per heavy atom. The van der Waals surface area contributed by atoms with Gasteiger partial charge in [-0.3, -0.25) is 0 Å². The zero-order valence-electron chi connectivity index (χ0n) is 12.5. The Labute approximate surface area is 139 Å². The van der Waals surface area contributed by atoms with Gasteiger partial charge in [0.15, 0.2) is 9.84 Å². The first-order valence-corrected chi connectivity index (χ1v) is 10.7. The summed E-state index contributed by atoms with van der Waals surface area (Å²) in [6.45, 7) is 2.84. The first-order chi connectivity index (χ1) is 9.84. The summed E-state index contributed by atoms with van der Waals surface area (Å²) in [5.74, 6) is 1.57. The van der Waals surface area contributed by atoms with Crippen LogP contribution in [0.1, 0.15) is 18.5 Å². The fourth-order valence-corrected chi connectivity index (χ4v) is 5.68. The van der Waals surface area contributed by atoms with Gasteiger partial charge in [-0.15, -0.1) is 0 Å². The third-order valence-electron chi connectivity index (χ3n) is 3.78. The maximum atomic E-state index is 12.1.